The quantitative estimate of drug-likeness (QED) is 0.320. The van der Waals surface area contributed by atoms with Crippen LogP contribution in [0.2, 0.25) is 0 Å². The fourth-order valence-electron chi connectivity index (χ4n) is 0.500. The normalized spacial score (nSPS) is 6.71. The number of rotatable bonds is 4. The highest BCUT2D eigenvalue weighted by Gasteiger charge is 1.75. The molecule has 0 N–H and O–H groups in total. The predicted molar refractivity (Wildman–Crippen MR) is 71.5 cm³/mol. The largest absolute Gasteiger partial charge is 0.124 e. The predicted octanol–water partition coefficient (Wildman–Crippen LogP) is 5.44. The molecular weight excluding hydrogens is 168 g/mol. The van der Waals surface area contributed by atoms with Crippen LogP contribution in [0.1, 0.15) is 67.2 Å². The first kappa shape index (κ1) is 23.3. The van der Waals surface area contributed by atoms with Gasteiger partial charge in [-0.1, -0.05) is 59.5 Å². The molecule has 0 fully saturated rings. The van der Waals surface area contributed by atoms with E-state index in [-0.39, 0.29) is 7.43 Å². The summed E-state index contributed by atoms with van der Waals surface area (Å²) in [6.07, 6.45) is 14.6. The molecule has 0 aromatic heterocycles. The Morgan fingerprint density at radius 2 is 1.21 bits per heavy atom. The molecule has 0 aliphatic heterocycles. The van der Waals surface area contributed by atoms with E-state index in [1.165, 1.54) is 31.3 Å². The average molecular weight is 198 g/mol. The summed E-state index contributed by atoms with van der Waals surface area (Å²) in [5, 5.41) is 0. The Balaban J connectivity index is -0.0000000576. The Bertz CT molecular complexity index is 93.9. The van der Waals surface area contributed by atoms with E-state index in [1.54, 1.807) is 0 Å². The minimum absolute atomic E-state index is 0. The van der Waals surface area contributed by atoms with Crippen molar-refractivity contribution >= 4 is 0 Å². The first-order chi connectivity index (χ1) is 6.18. The summed E-state index contributed by atoms with van der Waals surface area (Å²) in [4.78, 5) is 0. The van der Waals surface area contributed by atoms with Crippen LogP contribution in [-0.2, 0) is 0 Å². The van der Waals surface area contributed by atoms with Crippen molar-refractivity contribution in [1.82, 2.24) is 0 Å². The van der Waals surface area contributed by atoms with Gasteiger partial charge in [-0.25, -0.2) is 0 Å². The molecule has 0 atom stereocenters. The number of unbranched alkanes of at least 4 members (excludes halogenated alkanes) is 3. The molecular formula is C14H30. The summed E-state index contributed by atoms with van der Waals surface area (Å²) in [5.74, 6) is 0. The third-order valence-corrected chi connectivity index (χ3v) is 1.56. The van der Waals surface area contributed by atoms with Gasteiger partial charge in [-0.15, -0.1) is 19.4 Å². The SMILES string of the molecule is C.C#C.C=C(C)CC.CCCCCC. The van der Waals surface area contributed by atoms with Gasteiger partial charge in [-0.2, -0.15) is 0 Å². The van der Waals surface area contributed by atoms with Crippen LogP contribution in [0.4, 0.5) is 0 Å². The molecule has 0 saturated carbocycles. The second-order valence-corrected chi connectivity index (χ2v) is 3.02. The van der Waals surface area contributed by atoms with E-state index in [4.69, 9.17) is 0 Å². The van der Waals surface area contributed by atoms with Crippen molar-refractivity contribution in [2.75, 3.05) is 0 Å². The van der Waals surface area contributed by atoms with Crippen LogP contribution in [-0.4, -0.2) is 0 Å². The van der Waals surface area contributed by atoms with Crippen molar-refractivity contribution < 1.29 is 0 Å². The number of hydrogen-bond donors (Lipinski definition) is 0. The summed E-state index contributed by atoms with van der Waals surface area (Å²) >= 11 is 0. The first-order valence-electron chi connectivity index (χ1n) is 5.16. The second-order valence-electron chi connectivity index (χ2n) is 3.02. The van der Waals surface area contributed by atoms with E-state index >= 15 is 0 Å². The third-order valence-electron chi connectivity index (χ3n) is 1.56. The molecule has 0 spiro atoms. The summed E-state index contributed by atoms with van der Waals surface area (Å²) in [6, 6.07) is 0. The molecule has 0 rings (SSSR count). The molecule has 0 saturated heterocycles. The van der Waals surface area contributed by atoms with Crippen molar-refractivity contribution in [3.8, 4) is 12.8 Å². The molecule has 0 heteroatoms. The highest BCUT2D eigenvalue weighted by molar-refractivity contribution is 4.84. The van der Waals surface area contributed by atoms with Crippen LogP contribution in [0, 0.1) is 12.8 Å². The highest BCUT2D eigenvalue weighted by Crippen LogP contribution is 1.95. The minimum atomic E-state index is 0. The lowest BCUT2D eigenvalue weighted by Gasteiger charge is -1.86. The van der Waals surface area contributed by atoms with Gasteiger partial charge < -0.3 is 0 Å². The van der Waals surface area contributed by atoms with Crippen LogP contribution in [0.25, 0.3) is 0 Å². The van der Waals surface area contributed by atoms with Crippen molar-refractivity contribution in [2.45, 2.75) is 67.2 Å². The molecule has 0 aromatic rings. The van der Waals surface area contributed by atoms with Gasteiger partial charge in [0.2, 0.25) is 0 Å². The van der Waals surface area contributed by atoms with E-state index < -0.39 is 0 Å². The van der Waals surface area contributed by atoms with E-state index in [0.29, 0.717) is 0 Å². The molecule has 0 heterocycles. The molecule has 0 amide bonds. The Labute approximate surface area is 92.8 Å². The third kappa shape index (κ3) is 64.8. The second kappa shape index (κ2) is 29.5. The monoisotopic (exact) mass is 198 g/mol. The molecule has 0 aliphatic carbocycles. The maximum absolute atomic E-state index is 4.00. The number of terminal acetylenes is 1. The molecule has 14 heavy (non-hydrogen) atoms. The lowest BCUT2D eigenvalue weighted by molar-refractivity contribution is 0.702. The molecule has 86 valence electrons. The minimum Gasteiger partial charge on any atom is -0.124 e. The summed E-state index contributed by atoms with van der Waals surface area (Å²) in [7, 11) is 0. The van der Waals surface area contributed by atoms with Crippen LogP contribution in [0.5, 0.6) is 0 Å². The zero-order valence-electron chi connectivity index (χ0n) is 9.90. The van der Waals surface area contributed by atoms with Gasteiger partial charge in [0.25, 0.3) is 0 Å². The van der Waals surface area contributed by atoms with Gasteiger partial charge in [-0.3, -0.25) is 0 Å². The Hall–Kier alpha value is -0.700. The van der Waals surface area contributed by atoms with E-state index in [9.17, 15) is 0 Å². The highest BCUT2D eigenvalue weighted by atomic mass is 13.8. The lowest BCUT2D eigenvalue weighted by Crippen LogP contribution is -1.66. The van der Waals surface area contributed by atoms with Crippen LogP contribution >= 0.6 is 0 Å². The summed E-state index contributed by atoms with van der Waals surface area (Å²) < 4.78 is 0. The van der Waals surface area contributed by atoms with Crippen LogP contribution < -0.4 is 0 Å². The van der Waals surface area contributed by atoms with E-state index in [2.05, 4.69) is 40.2 Å². The van der Waals surface area contributed by atoms with Crippen LogP contribution in [0.3, 0.4) is 0 Å². The summed E-state index contributed by atoms with van der Waals surface area (Å²) in [5.41, 5.74) is 1.25. The molecule has 0 aliphatic rings. The maximum Gasteiger partial charge on any atom is -0.0354 e. The van der Waals surface area contributed by atoms with Gasteiger partial charge in [0, 0.05) is 0 Å². The standard InChI is InChI=1S/C6H14.C5H10.C2H2.CH4/c1-3-5-6-4-2;1-4-5(2)3;1-2;/h3-6H2,1-2H3;2,4H2,1,3H3;1-2H;1H4. The topological polar surface area (TPSA) is 0 Å². The first-order valence-corrected chi connectivity index (χ1v) is 5.16. The van der Waals surface area contributed by atoms with Crippen molar-refractivity contribution in [2.24, 2.45) is 0 Å². The van der Waals surface area contributed by atoms with Crippen LogP contribution in [0.15, 0.2) is 12.2 Å². The average Bonchev–Trinajstić information content (AvgIpc) is 2.18. The van der Waals surface area contributed by atoms with Gasteiger partial charge in [-0.05, 0) is 13.3 Å². The zero-order valence-corrected chi connectivity index (χ0v) is 9.90. The number of allylic oxidation sites excluding steroid dienone is 1. The van der Waals surface area contributed by atoms with Crippen molar-refractivity contribution in [1.29, 1.82) is 0 Å². The summed E-state index contributed by atoms with van der Waals surface area (Å²) in [6.45, 7) is 12.3. The zero-order chi connectivity index (χ0) is 11.1. The Morgan fingerprint density at radius 3 is 1.29 bits per heavy atom. The molecule has 0 bridgehead atoms. The van der Waals surface area contributed by atoms with Gasteiger partial charge >= 0.3 is 0 Å². The number of hydrogen-bond acceptors (Lipinski definition) is 0. The Morgan fingerprint density at radius 1 is 1.00 bits per heavy atom. The van der Waals surface area contributed by atoms with Crippen molar-refractivity contribution in [3.63, 3.8) is 0 Å². The van der Waals surface area contributed by atoms with E-state index in [0.717, 1.165) is 6.42 Å². The van der Waals surface area contributed by atoms with Gasteiger partial charge in [0.05, 0.1) is 0 Å². The Kier molecular flexibility index (Phi) is 49.0. The van der Waals surface area contributed by atoms with Gasteiger partial charge in [0.15, 0.2) is 0 Å². The molecule has 0 aromatic carbocycles. The smallest absolute Gasteiger partial charge is 0.0354 e. The fraction of sp³-hybridized carbons (Fsp3) is 0.714. The molecule has 0 unspecified atom stereocenters. The molecule has 0 radical (unpaired) electrons. The van der Waals surface area contributed by atoms with Gasteiger partial charge in [0.1, 0.15) is 0 Å². The molecule has 0 nitrogen and oxygen atoms in total. The lowest BCUT2D eigenvalue weighted by atomic mass is 10.2. The van der Waals surface area contributed by atoms with Crippen molar-refractivity contribution in [3.05, 3.63) is 12.2 Å². The fourth-order valence-corrected chi connectivity index (χ4v) is 0.500. The van der Waals surface area contributed by atoms with E-state index in [1.807, 2.05) is 6.92 Å². The maximum atomic E-state index is 4.00.